The van der Waals surface area contributed by atoms with Gasteiger partial charge in [0.1, 0.15) is 17.0 Å². The number of para-hydroxylation sites is 1. The molecule has 0 aliphatic carbocycles. The molecule has 0 unspecified atom stereocenters. The molecule has 7 nitrogen and oxygen atoms in total. The highest BCUT2D eigenvalue weighted by molar-refractivity contribution is 5.86. The predicted octanol–water partition coefficient (Wildman–Crippen LogP) is 4.22. The summed E-state index contributed by atoms with van der Waals surface area (Å²) >= 11 is 0. The van der Waals surface area contributed by atoms with Gasteiger partial charge in [0.15, 0.2) is 11.5 Å². The molecule has 0 bridgehead atoms. The van der Waals surface area contributed by atoms with Crippen molar-refractivity contribution in [1.29, 1.82) is 0 Å². The SMILES string of the molecule is CC(C)Oc1cccc2ccc(-c3nnc4ccc([C@H](C)N5CC[C@@](C)(N)C5)cn34)nc12. The van der Waals surface area contributed by atoms with E-state index in [2.05, 4.69) is 47.3 Å². The number of hydrogen-bond donors (Lipinski definition) is 1. The van der Waals surface area contributed by atoms with Gasteiger partial charge in [-0.05, 0) is 57.9 Å². The molecular weight excluding hydrogens is 400 g/mol. The van der Waals surface area contributed by atoms with Crippen molar-refractivity contribution >= 4 is 16.6 Å². The Kier molecular flexibility index (Phi) is 5.10. The van der Waals surface area contributed by atoms with Crippen molar-refractivity contribution in [3.63, 3.8) is 0 Å². The number of likely N-dealkylation sites (tertiary alicyclic amines) is 1. The second-order valence-electron chi connectivity index (χ2n) is 9.46. The van der Waals surface area contributed by atoms with Crippen LogP contribution >= 0.6 is 0 Å². The predicted molar refractivity (Wildman–Crippen MR) is 127 cm³/mol. The third-order valence-corrected chi connectivity index (χ3v) is 6.26. The molecule has 1 fully saturated rings. The number of aromatic nitrogens is 4. The van der Waals surface area contributed by atoms with Crippen molar-refractivity contribution in [1.82, 2.24) is 24.5 Å². The van der Waals surface area contributed by atoms with Gasteiger partial charge in [-0.25, -0.2) is 4.98 Å². The van der Waals surface area contributed by atoms with E-state index >= 15 is 0 Å². The van der Waals surface area contributed by atoms with Gasteiger partial charge in [0.05, 0.1) is 6.10 Å². The van der Waals surface area contributed by atoms with Crippen LogP contribution in [0.1, 0.15) is 45.7 Å². The first-order chi connectivity index (χ1) is 15.3. The third kappa shape index (κ3) is 3.82. The van der Waals surface area contributed by atoms with Gasteiger partial charge in [-0.2, -0.15) is 0 Å². The first kappa shape index (κ1) is 20.8. The molecule has 3 aromatic heterocycles. The van der Waals surface area contributed by atoms with E-state index in [0.717, 1.165) is 53.3 Å². The van der Waals surface area contributed by atoms with Crippen molar-refractivity contribution in [2.75, 3.05) is 13.1 Å². The number of rotatable bonds is 5. The minimum absolute atomic E-state index is 0.0741. The highest BCUT2D eigenvalue weighted by atomic mass is 16.5. The summed E-state index contributed by atoms with van der Waals surface area (Å²) in [6.45, 7) is 10.3. The average Bonchev–Trinajstić information content (AvgIpc) is 3.35. The Labute approximate surface area is 188 Å². The lowest BCUT2D eigenvalue weighted by Crippen LogP contribution is -2.39. The maximum absolute atomic E-state index is 6.36. The van der Waals surface area contributed by atoms with Crippen molar-refractivity contribution in [3.05, 3.63) is 54.2 Å². The Morgan fingerprint density at radius 2 is 1.91 bits per heavy atom. The van der Waals surface area contributed by atoms with Crippen LogP contribution in [0.25, 0.3) is 28.1 Å². The molecule has 2 atom stereocenters. The van der Waals surface area contributed by atoms with Crippen LogP contribution < -0.4 is 10.5 Å². The van der Waals surface area contributed by atoms with Crippen LogP contribution in [0.4, 0.5) is 0 Å². The Balaban J connectivity index is 1.55. The van der Waals surface area contributed by atoms with Crippen LogP contribution in [0, 0.1) is 0 Å². The number of nitrogens with zero attached hydrogens (tertiary/aromatic N) is 5. The summed E-state index contributed by atoms with van der Waals surface area (Å²) < 4.78 is 8.02. The molecule has 4 aromatic rings. The first-order valence-corrected chi connectivity index (χ1v) is 11.3. The number of pyridine rings is 2. The molecule has 0 amide bonds. The van der Waals surface area contributed by atoms with Crippen molar-refractivity contribution in [2.45, 2.75) is 51.8 Å². The van der Waals surface area contributed by atoms with E-state index in [-0.39, 0.29) is 17.7 Å². The van der Waals surface area contributed by atoms with Gasteiger partial charge in [-0.15, -0.1) is 10.2 Å². The van der Waals surface area contributed by atoms with Crippen LogP contribution in [-0.4, -0.2) is 49.2 Å². The topological polar surface area (TPSA) is 81.6 Å². The number of hydrogen-bond acceptors (Lipinski definition) is 6. The van der Waals surface area contributed by atoms with Gasteiger partial charge in [0, 0.05) is 36.3 Å². The summed E-state index contributed by atoms with van der Waals surface area (Å²) in [7, 11) is 0. The first-order valence-electron chi connectivity index (χ1n) is 11.3. The zero-order valence-corrected chi connectivity index (χ0v) is 19.1. The Morgan fingerprint density at radius 1 is 1.06 bits per heavy atom. The lowest BCUT2D eigenvalue weighted by atomic mass is 10.0. The van der Waals surface area contributed by atoms with E-state index in [9.17, 15) is 0 Å². The number of ether oxygens (including phenoxy) is 1. The molecule has 0 saturated carbocycles. The summed E-state index contributed by atoms with van der Waals surface area (Å²) in [5.41, 5.74) is 9.85. The van der Waals surface area contributed by atoms with E-state index in [1.807, 2.05) is 48.6 Å². The third-order valence-electron chi connectivity index (χ3n) is 6.26. The highest BCUT2D eigenvalue weighted by Gasteiger charge is 2.32. The maximum Gasteiger partial charge on any atom is 0.187 e. The van der Waals surface area contributed by atoms with Crippen LogP contribution in [-0.2, 0) is 0 Å². The molecule has 32 heavy (non-hydrogen) atoms. The van der Waals surface area contributed by atoms with Gasteiger partial charge in [-0.3, -0.25) is 9.30 Å². The fourth-order valence-corrected chi connectivity index (χ4v) is 4.48. The largest absolute Gasteiger partial charge is 0.489 e. The van der Waals surface area contributed by atoms with E-state index in [4.69, 9.17) is 15.5 Å². The molecule has 166 valence electrons. The van der Waals surface area contributed by atoms with E-state index < -0.39 is 0 Å². The highest BCUT2D eigenvalue weighted by Crippen LogP contribution is 2.30. The Bertz CT molecular complexity index is 1280. The second kappa shape index (κ2) is 7.83. The lowest BCUT2D eigenvalue weighted by Gasteiger charge is -2.26. The zero-order valence-electron chi connectivity index (χ0n) is 19.1. The van der Waals surface area contributed by atoms with Crippen molar-refractivity contribution in [2.24, 2.45) is 5.73 Å². The molecule has 1 saturated heterocycles. The van der Waals surface area contributed by atoms with Gasteiger partial charge in [0.25, 0.3) is 0 Å². The Hall–Kier alpha value is -3.03. The molecule has 1 aliphatic rings. The summed E-state index contributed by atoms with van der Waals surface area (Å²) in [4.78, 5) is 7.36. The molecule has 0 radical (unpaired) electrons. The van der Waals surface area contributed by atoms with Crippen LogP contribution in [0.3, 0.4) is 0 Å². The Morgan fingerprint density at radius 3 is 2.66 bits per heavy atom. The fourth-order valence-electron chi connectivity index (χ4n) is 4.48. The monoisotopic (exact) mass is 430 g/mol. The van der Waals surface area contributed by atoms with E-state index in [0.29, 0.717) is 0 Å². The van der Waals surface area contributed by atoms with Crippen LogP contribution in [0.5, 0.6) is 5.75 Å². The lowest BCUT2D eigenvalue weighted by molar-refractivity contribution is 0.245. The zero-order chi connectivity index (χ0) is 22.5. The van der Waals surface area contributed by atoms with Crippen molar-refractivity contribution < 1.29 is 4.74 Å². The molecule has 1 aliphatic heterocycles. The van der Waals surface area contributed by atoms with E-state index in [1.165, 1.54) is 5.56 Å². The van der Waals surface area contributed by atoms with Crippen LogP contribution in [0.2, 0.25) is 0 Å². The minimum atomic E-state index is -0.120. The van der Waals surface area contributed by atoms with Crippen molar-refractivity contribution in [3.8, 4) is 17.3 Å². The van der Waals surface area contributed by atoms with Crippen LogP contribution in [0.15, 0.2) is 48.7 Å². The summed E-state index contributed by atoms with van der Waals surface area (Å²) in [5, 5.41) is 9.87. The summed E-state index contributed by atoms with van der Waals surface area (Å²) in [6.07, 6.45) is 3.22. The standard InChI is InChI=1S/C25H30N6O/c1-16(2)32-21-7-5-6-18-8-10-20(27-23(18)21)24-29-28-22-11-9-19(14-31(22)24)17(3)30-13-12-25(4,26)15-30/h5-11,14,16-17H,12-13,15,26H2,1-4H3/t17-,25+/m0/s1. The number of fused-ring (bicyclic) bond motifs is 2. The molecule has 4 heterocycles. The summed E-state index contributed by atoms with van der Waals surface area (Å²) in [6, 6.07) is 14.5. The molecule has 5 rings (SSSR count). The number of nitrogens with two attached hydrogens (primary N) is 1. The minimum Gasteiger partial charge on any atom is -0.489 e. The second-order valence-corrected chi connectivity index (χ2v) is 9.46. The van der Waals surface area contributed by atoms with E-state index in [1.54, 1.807) is 0 Å². The summed E-state index contributed by atoms with van der Waals surface area (Å²) in [5.74, 6) is 1.50. The maximum atomic E-state index is 6.36. The molecule has 7 heteroatoms. The normalized spacial score (nSPS) is 20.4. The quantitative estimate of drug-likeness (QED) is 0.511. The molecular formula is C25H30N6O. The molecule has 0 spiro atoms. The van der Waals surface area contributed by atoms with Gasteiger partial charge < -0.3 is 10.5 Å². The smallest absolute Gasteiger partial charge is 0.187 e. The van der Waals surface area contributed by atoms with Gasteiger partial charge in [-0.1, -0.05) is 24.3 Å². The average molecular weight is 431 g/mol. The molecule has 1 aromatic carbocycles. The number of benzene rings is 1. The van der Waals surface area contributed by atoms with Gasteiger partial charge >= 0.3 is 0 Å². The van der Waals surface area contributed by atoms with Gasteiger partial charge in [0.2, 0.25) is 0 Å². The molecule has 2 N–H and O–H groups in total. The fraction of sp³-hybridized carbons (Fsp3) is 0.400.